The molecule has 0 aromatic heterocycles. The monoisotopic (exact) mass is 346 g/mol. The van der Waals surface area contributed by atoms with Crippen molar-refractivity contribution < 1.29 is 34.3 Å². The molecule has 118 valence electrons. The molecule has 1 aromatic carbocycles. The standard InChI is InChI=1S/C16H26O3S.Ti/c1-2-3-4-5-6-7-8-12-15-20(17,18)19-16-13-10-9-11-14-16;/h9-11,13-14H,2-8,12,15H2,1H3;. The first-order valence-corrected chi connectivity index (χ1v) is 9.19. The number of rotatable bonds is 11. The third-order valence-electron chi connectivity index (χ3n) is 3.21. The Bertz CT molecular complexity index is 446. The second-order valence-electron chi connectivity index (χ2n) is 5.13. The van der Waals surface area contributed by atoms with Crippen molar-refractivity contribution in [3.05, 3.63) is 30.3 Å². The predicted molar refractivity (Wildman–Crippen MR) is 83.5 cm³/mol. The second-order valence-corrected chi connectivity index (χ2v) is 6.82. The molecule has 0 amide bonds. The normalized spacial score (nSPS) is 10.9. The number of unbranched alkanes of at least 4 members (excludes halogenated alkanes) is 7. The molecule has 5 heteroatoms. The van der Waals surface area contributed by atoms with Gasteiger partial charge in [-0.05, 0) is 18.6 Å². The van der Waals surface area contributed by atoms with E-state index in [2.05, 4.69) is 6.92 Å². The van der Waals surface area contributed by atoms with Gasteiger partial charge in [0.1, 0.15) is 5.75 Å². The predicted octanol–water partition coefficient (Wildman–Crippen LogP) is 4.53. The Hall–Kier alpha value is -0.316. The van der Waals surface area contributed by atoms with Crippen LogP contribution in [0.1, 0.15) is 58.3 Å². The Balaban J connectivity index is 0.00000400. The fourth-order valence-electron chi connectivity index (χ4n) is 2.08. The zero-order valence-electron chi connectivity index (χ0n) is 12.9. The molecule has 0 bridgehead atoms. The average molecular weight is 346 g/mol. The smallest absolute Gasteiger partial charge is 0.309 e. The van der Waals surface area contributed by atoms with Crippen LogP contribution in [0.5, 0.6) is 5.75 Å². The number of hydrogen-bond donors (Lipinski definition) is 0. The average Bonchev–Trinajstić information content (AvgIpc) is 2.42. The van der Waals surface area contributed by atoms with Gasteiger partial charge in [-0.2, -0.15) is 8.42 Å². The van der Waals surface area contributed by atoms with Gasteiger partial charge in [-0.15, -0.1) is 0 Å². The Labute approximate surface area is 144 Å². The molecule has 0 saturated carbocycles. The number of hydrogen-bond acceptors (Lipinski definition) is 3. The van der Waals surface area contributed by atoms with E-state index < -0.39 is 10.1 Å². The summed E-state index contributed by atoms with van der Waals surface area (Å²) >= 11 is 0. The zero-order valence-corrected chi connectivity index (χ0v) is 15.3. The Kier molecular flexibility index (Phi) is 12.1. The van der Waals surface area contributed by atoms with Crippen molar-refractivity contribution in [3.8, 4) is 5.75 Å². The van der Waals surface area contributed by atoms with Gasteiger partial charge in [0, 0.05) is 21.7 Å². The molecule has 1 aromatic rings. The van der Waals surface area contributed by atoms with Crippen LogP contribution in [0.25, 0.3) is 0 Å². The molecular formula is C16H26O3STi. The van der Waals surface area contributed by atoms with E-state index in [9.17, 15) is 8.42 Å². The fourth-order valence-corrected chi connectivity index (χ4v) is 3.12. The van der Waals surface area contributed by atoms with Crippen LogP contribution in [0.15, 0.2) is 30.3 Å². The van der Waals surface area contributed by atoms with Gasteiger partial charge in [-0.25, -0.2) is 0 Å². The van der Waals surface area contributed by atoms with E-state index >= 15 is 0 Å². The van der Waals surface area contributed by atoms with Crippen LogP contribution in [0.2, 0.25) is 0 Å². The zero-order chi connectivity index (χ0) is 14.7. The maximum absolute atomic E-state index is 11.8. The third kappa shape index (κ3) is 11.0. The summed E-state index contributed by atoms with van der Waals surface area (Å²) in [5.74, 6) is 0.503. The van der Waals surface area contributed by atoms with Gasteiger partial charge in [0.2, 0.25) is 0 Å². The summed E-state index contributed by atoms with van der Waals surface area (Å²) in [6.07, 6.45) is 9.10. The summed E-state index contributed by atoms with van der Waals surface area (Å²) in [6.45, 7) is 2.21. The topological polar surface area (TPSA) is 43.4 Å². The molecule has 0 heterocycles. The summed E-state index contributed by atoms with van der Waals surface area (Å²) in [5.41, 5.74) is 0. The first kappa shape index (κ1) is 20.7. The molecule has 0 atom stereocenters. The molecule has 0 spiro atoms. The molecule has 0 aliphatic heterocycles. The van der Waals surface area contributed by atoms with Crippen molar-refractivity contribution >= 4 is 10.1 Å². The molecule has 0 aliphatic rings. The van der Waals surface area contributed by atoms with Crippen LogP contribution in [0.3, 0.4) is 0 Å². The Morgan fingerprint density at radius 3 is 1.95 bits per heavy atom. The third-order valence-corrected chi connectivity index (χ3v) is 4.45. The van der Waals surface area contributed by atoms with Crippen LogP contribution in [-0.2, 0) is 31.8 Å². The second kappa shape index (κ2) is 12.3. The van der Waals surface area contributed by atoms with E-state index in [0.29, 0.717) is 12.2 Å². The van der Waals surface area contributed by atoms with Crippen molar-refractivity contribution in [2.24, 2.45) is 0 Å². The minimum atomic E-state index is -3.44. The molecule has 0 radical (unpaired) electrons. The van der Waals surface area contributed by atoms with Crippen molar-refractivity contribution in [1.29, 1.82) is 0 Å². The summed E-state index contributed by atoms with van der Waals surface area (Å²) in [4.78, 5) is 0. The van der Waals surface area contributed by atoms with Gasteiger partial charge in [0.15, 0.2) is 0 Å². The minimum absolute atomic E-state index is 0. The first-order valence-electron chi connectivity index (χ1n) is 7.61. The van der Waals surface area contributed by atoms with E-state index in [1.54, 1.807) is 24.3 Å². The van der Waals surface area contributed by atoms with Crippen LogP contribution in [0, 0.1) is 0 Å². The summed E-state index contributed by atoms with van der Waals surface area (Å²) < 4.78 is 28.5. The van der Waals surface area contributed by atoms with E-state index in [1.807, 2.05) is 6.07 Å². The maximum atomic E-state index is 11.8. The maximum Gasteiger partial charge on any atom is 0.309 e. The fraction of sp³-hybridized carbons (Fsp3) is 0.625. The van der Waals surface area contributed by atoms with Crippen molar-refractivity contribution in [2.45, 2.75) is 58.3 Å². The summed E-state index contributed by atoms with van der Waals surface area (Å²) in [5, 5.41) is 0. The summed E-state index contributed by atoms with van der Waals surface area (Å²) in [7, 11) is -3.44. The van der Waals surface area contributed by atoms with Gasteiger partial charge in [0.05, 0.1) is 5.75 Å². The number of para-hydroxylation sites is 1. The van der Waals surface area contributed by atoms with Crippen LogP contribution in [-0.4, -0.2) is 14.2 Å². The van der Waals surface area contributed by atoms with Crippen molar-refractivity contribution in [2.75, 3.05) is 5.75 Å². The minimum Gasteiger partial charge on any atom is -0.382 e. The van der Waals surface area contributed by atoms with Gasteiger partial charge < -0.3 is 4.18 Å². The van der Waals surface area contributed by atoms with Gasteiger partial charge in [-0.1, -0.05) is 70.1 Å². The largest absolute Gasteiger partial charge is 0.382 e. The van der Waals surface area contributed by atoms with Crippen molar-refractivity contribution in [1.82, 2.24) is 0 Å². The molecule has 0 saturated heterocycles. The van der Waals surface area contributed by atoms with Crippen LogP contribution >= 0.6 is 0 Å². The van der Waals surface area contributed by atoms with Gasteiger partial charge >= 0.3 is 10.1 Å². The van der Waals surface area contributed by atoms with E-state index in [-0.39, 0.29) is 27.5 Å². The van der Waals surface area contributed by atoms with Gasteiger partial charge in [-0.3, -0.25) is 0 Å². The summed E-state index contributed by atoms with van der Waals surface area (Å²) in [6, 6.07) is 8.68. The van der Waals surface area contributed by atoms with Crippen LogP contribution in [0.4, 0.5) is 0 Å². The molecule has 1 rings (SSSR count). The van der Waals surface area contributed by atoms with Crippen LogP contribution < -0.4 is 4.18 Å². The van der Waals surface area contributed by atoms with E-state index in [0.717, 1.165) is 12.8 Å². The molecule has 0 aliphatic carbocycles. The number of benzene rings is 1. The quantitative estimate of drug-likeness (QED) is 0.336. The molecule has 21 heavy (non-hydrogen) atoms. The molecule has 0 unspecified atom stereocenters. The Morgan fingerprint density at radius 1 is 0.857 bits per heavy atom. The van der Waals surface area contributed by atoms with E-state index in [1.165, 1.54) is 32.1 Å². The molecule has 0 N–H and O–H groups in total. The van der Waals surface area contributed by atoms with E-state index in [4.69, 9.17) is 4.18 Å². The molecule has 0 fully saturated rings. The SMILES string of the molecule is CCCCCCCCCCS(=O)(=O)Oc1ccccc1.[Ti]. The Morgan fingerprint density at radius 2 is 1.38 bits per heavy atom. The molecular weight excluding hydrogens is 320 g/mol. The molecule has 3 nitrogen and oxygen atoms in total. The van der Waals surface area contributed by atoms with Crippen molar-refractivity contribution in [3.63, 3.8) is 0 Å². The first-order chi connectivity index (χ1) is 9.64. The van der Waals surface area contributed by atoms with Gasteiger partial charge in [0.25, 0.3) is 0 Å².